The second kappa shape index (κ2) is 9.94. The largest absolute Gasteiger partial charge is 0.463 e. The predicted molar refractivity (Wildman–Crippen MR) is 127 cm³/mol. The molecule has 1 saturated heterocycles. The van der Waals surface area contributed by atoms with Crippen LogP contribution in [0.2, 0.25) is 0 Å². The molecule has 2 N–H and O–H groups in total. The molecule has 1 amide bonds. The first-order valence-electron chi connectivity index (χ1n) is 10.5. The van der Waals surface area contributed by atoms with Crippen molar-refractivity contribution in [3.63, 3.8) is 0 Å². The van der Waals surface area contributed by atoms with Gasteiger partial charge in [-0.1, -0.05) is 18.1 Å². The number of carbonyl (C=O) groups excluding carboxylic acids is 2. The van der Waals surface area contributed by atoms with Gasteiger partial charge in [-0.3, -0.25) is 14.5 Å². The van der Waals surface area contributed by atoms with Gasteiger partial charge in [-0.05, 0) is 43.3 Å². The molecule has 1 fully saturated rings. The number of rotatable bonds is 6. The molecule has 0 radical (unpaired) electrons. The summed E-state index contributed by atoms with van der Waals surface area (Å²) in [4.78, 5) is 34.6. The van der Waals surface area contributed by atoms with Gasteiger partial charge in [-0.2, -0.15) is 0 Å². The standard InChI is InChI=1S/C25H23N5O3/c1-3-18-6-4-7-19(14-18)29-24-21-15-20(9-10-22(21)26-16-27-24)28-23(31)8-5-11-30-12-13-33-25(32)17(30)2/h1,4-10,14-17H,11-13H2,2H3,(H,28,31)(H,26,27,29)/b8-5+/t17-/m0/s1. The van der Waals surface area contributed by atoms with Crippen LogP contribution in [0, 0.1) is 12.3 Å². The Balaban J connectivity index is 1.46. The number of nitrogens with one attached hydrogen (secondary N) is 2. The number of cyclic esters (lactones) is 1. The molecule has 8 nitrogen and oxygen atoms in total. The third kappa shape index (κ3) is 5.34. The summed E-state index contributed by atoms with van der Waals surface area (Å²) >= 11 is 0. The summed E-state index contributed by atoms with van der Waals surface area (Å²) in [5, 5.41) is 6.87. The number of nitrogens with zero attached hydrogens (tertiary/aromatic N) is 3. The maximum absolute atomic E-state index is 12.4. The molecular weight excluding hydrogens is 418 g/mol. The van der Waals surface area contributed by atoms with Gasteiger partial charge in [0.25, 0.3) is 0 Å². The third-order valence-corrected chi connectivity index (χ3v) is 5.32. The Morgan fingerprint density at radius 3 is 3.00 bits per heavy atom. The van der Waals surface area contributed by atoms with Gasteiger partial charge in [-0.15, -0.1) is 6.42 Å². The number of amides is 1. The molecule has 1 atom stereocenters. The van der Waals surface area contributed by atoms with E-state index in [0.717, 1.165) is 22.2 Å². The average molecular weight is 441 g/mol. The van der Waals surface area contributed by atoms with Gasteiger partial charge >= 0.3 is 5.97 Å². The van der Waals surface area contributed by atoms with Gasteiger partial charge in [0.05, 0.1) is 5.52 Å². The highest BCUT2D eigenvalue weighted by atomic mass is 16.5. The molecule has 2 heterocycles. The molecule has 33 heavy (non-hydrogen) atoms. The number of carbonyl (C=O) groups is 2. The number of esters is 1. The van der Waals surface area contributed by atoms with Crippen molar-refractivity contribution in [2.24, 2.45) is 0 Å². The fourth-order valence-electron chi connectivity index (χ4n) is 3.51. The zero-order valence-corrected chi connectivity index (χ0v) is 18.1. The number of benzene rings is 2. The minimum absolute atomic E-state index is 0.243. The minimum atomic E-state index is -0.320. The molecule has 1 aliphatic rings. The lowest BCUT2D eigenvalue weighted by molar-refractivity contribution is -0.155. The van der Waals surface area contributed by atoms with Gasteiger partial charge in [0.2, 0.25) is 5.91 Å². The van der Waals surface area contributed by atoms with Crippen LogP contribution in [-0.2, 0) is 14.3 Å². The second-order valence-electron chi connectivity index (χ2n) is 7.53. The van der Waals surface area contributed by atoms with Gasteiger partial charge < -0.3 is 15.4 Å². The van der Waals surface area contributed by atoms with Gasteiger partial charge in [0, 0.05) is 41.5 Å². The van der Waals surface area contributed by atoms with Crippen LogP contribution in [0.3, 0.4) is 0 Å². The van der Waals surface area contributed by atoms with Crippen molar-refractivity contribution in [3.8, 4) is 12.3 Å². The Bertz CT molecular complexity index is 1260. The number of anilines is 3. The number of hydrogen-bond donors (Lipinski definition) is 2. The van der Waals surface area contributed by atoms with E-state index in [2.05, 4.69) is 26.5 Å². The van der Waals surface area contributed by atoms with E-state index in [9.17, 15) is 9.59 Å². The summed E-state index contributed by atoms with van der Waals surface area (Å²) in [6.45, 7) is 3.29. The second-order valence-corrected chi connectivity index (χ2v) is 7.53. The highest BCUT2D eigenvalue weighted by Gasteiger charge is 2.26. The Kier molecular flexibility index (Phi) is 6.62. The molecule has 0 unspecified atom stereocenters. The molecule has 3 aromatic rings. The van der Waals surface area contributed by atoms with Crippen molar-refractivity contribution < 1.29 is 14.3 Å². The lowest BCUT2D eigenvalue weighted by atomic mass is 10.2. The normalized spacial score (nSPS) is 16.4. The highest BCUT2D eigenvalue weighted by Crippen LogP contribution is 2.26. The van der Waals surface area contributed by atoms with Crippen LogP contribution in [-0.4, -0.2) is 52.5 Å². The van der Waals surface area contributed by atoms with Crippen LogP contribution in [0.25, 0.3) is 10.9 Å². The summed E-state index contributed by atoms with van der Waals surface area (Å²) < 4.78 is 5.01. The van der Waals surface area contributed by atoms with E-state index in [1.165, 1.54) is 12.4 Å². The summed E-state index contributed by atoms with van der Waals surface area (Å²) in [6, 6.07) is 12.6. The molecule has 2 aromatic carbocycles. The van der Waals surface area contributed by atoms with Gasteiger partial charge in [0.15, 0.2) is 0 Å². The van der Waals surface area contributed by atoms with E-state index in [-0.39, 0.29) is 17.9 Å². The van der Waals surface area contributed by atoms with Crippen molar-refractivity contribution in [3.05, 3.63) is 66.5 Å². The summed E-state index contributed by atoms with van der Waals surface area (Å²) in [7, 11) is 0. The van der Waals surface area contributed by atoms with Crippen molar-refractivity contribution in [2.45, 2.75) is 13.0 Å². The summed E-state index contributed by atoms with van der Waals surface area (Å²) in [5.41, 5.74) is 2.91. The van der Waals surface area contributed by atoms with E-state index < -0.39 is 0 Å². The minimum Gasteiger partial charge on any atom is -0.463 e. The van der Waals surface area contributed by atoms with Crippen LogP contribution >= 0.6 is 0 Å². The van der Waals surface area contributed by atoms with Gasteiger partial charge in [0.1, 0.15) is 24.8 Å². The maximum atomic E-state index is 12.4. The number of aromatic nitrogens is 2. The molecular formula is C25H23N5O3. The molecule has 166 valence electrons. The zero-order chi connectivity index (χ0) is 23.2. The van der Waals surface area contributed by atoms with E-state index in [0.29, 0.717) is 31.2 Å². The van der Waals surface area contributed by atoms with E-state index in [4.69, 9.17) is 11.2 Å². The maximum Gasteiger partial charge on any atom is 0.323 e. The van der Waals surface area contributed by atoms with Crippen LogP contribution in [0.1, 0.15) is 12.5 Å². The Hall–Kier alpha value is -4.22. The SMILES string of the molecule is C#Cc1cccc(Nc2ncnc3ccc(NC(=O)/C=C/CN4CCOC(=O)[C@@H]4C)cc23)c1. The van der Waals surface area contributed by atoms with Crippen LogP contribution < -0.4 is 10.6 Å². The summed E-state index contributed by atoms with van der Waals surface area (Å²) in [5.74, 6) is 2.70. The zero-order valence-electron chi connectivity index (χ0n) is 18.1. The molecule has 8 heteroatoms. The van der Waals surface area contributed by atoms with E-state index in [1.807, 2.05) is 41.3 Å². The fourth-order valence-corrected chi connectivity index (χ4v) is 3.51. The first-order valence-corrected chi connectivity index (χ1v) is 10.5. The quantitative estimate of drug-likeness (QED) is 0.345. The molecule has 0 saturated carbocycles. The number of hydrogen-bond acceptors (Lipinski definition) is 7. The average Bonchev–Trinajstić information content (AvgIpc) is 2.82. The number of terminal acetylenes is 1. The lowest BCUT2D eigenvalue weighted by Crippen LogP contribution is -2.47. The van der Waals surface area contributed by atoms with Crippen molar-refractivity contribution >= 4 is 40.0 Å². The molecule has 0 spiro atoms. The van der Waals surface area contributed by atoms with E-state index in [1.54, 1.807) is 19.1 Å². The Labute approximate surface area is 191 Å². The predicted octanol–water partition coefficient (Wildman–Crippen LogP) is 3.10. The third-order valence-electron chi connectivity index (χ3n) is 5.32. The molecule has 0 bridgehead atoms. The lowest BCUT2D eigenvalue weighted by Gasteiger charge is -2.30. The highest BCUT2D eigenvalue weighted by molar-refractivity contribution is 6.01. The molecule has 4 rings (SSSR count). The Morgan fingerprint density at radius 2 is 2.15 bits per heavy atom. The van der Waals surface area contributed by atoms with Gasteiger partial charge in [-0.25, -0.2) is 9.97 Å². The number of morpholine rings is 1. The smallest absolute Gasteiger partial charge is 0.323 e. The topological polar surface area (TPSA) is 96.4 Å². The number of fused-ring (bicyclic) bond motifs is 1. The van der Waals surface area contributed by atoms with Crippen LogP contribution in [0.4, 0.5) is 17.2 Å². The first kappa shape index (κ1) is 22.0. The molecule has 0 aliphatic carbocycles. The van der Waals surface area contributed by atoms with Crippen LogP contribution in [0.15, 0.2) is 60.9 Å². The van der Waals surface area contributed by atoms with Crippen LogP contribution in [0.5, 0.6) is 0 Å². The number of ether oxygens (including phenoxy) is 1. The van der Waals surface area contributed by atoms with Crippen molar-refractivity contribution in [2.75, 3.05) is 30.3 Å². The fraction of sp³-hybridized carbons (Fsp3) is 0.200. The first-order chi connectivity index (χ1) is 16.0. The Morgan fingerprint density at radius 1 is 1.27 bits per heavy atom. The van der Waals surface area contributed by atoms with Crippen molar-refractivity contribution in [1.29, 1.82) is 0 Å². The molecule has 1 aliphatic heterocycles. The molecule has 1 aromatic heterocycles. The van der Waals surface area contributed by atoms with E-state index >= 15 is 0 Å². The summed E-state index contributed by atoms with van der Waals surface area (Å²) in [6.07, 6.45) is 10.2. The van der Waals surface area contributed by atoms with Crippen molar-refractivity contribution in [1.82, 2.24) is 14.9 Å². The monoisotopic (exact) mass is 441 g/mol.